The van der Waals surface area contributed by atoms with Gasteiger partial charge in [-0.2, -0.15) is 5.10 Å². The van der Waals surface area contributed by atoms with Crippen molar-refractivity contribution in [2.45, 2.75) is 13.5 Å². The number of hydrogen-bond donors (Lipinski definition) is 2. The van der Waals surface area contributed by atoms with Crippen LogP contribution in [-0.4, -0.2) is 22.2 Å². The van der Waals surface area contributed by atoms with Crippen molar-refractivity contribution < 1.29 is 4.79 Å². The van der Waals surface area contributed by atoms with Gasteiger partial charge in [-0.1, -0.05) is 0 Å². The number of carbonyl (C=O) groups is 1. The number of anilines is 2. The van der Waals surface area contributed by atoms with Crippen LogP contribution in [0.15, 0.2) is 42.7 Å². The van der Waals surface area contributed by atoms with E-state index in [9.17, 15) is 4.79 Å². The minimum Gasteiger partial charge on any atom is -0.383 e. The molecule has 18 heavy (non-hydrogen) atoms. The van der Waals surface area contributed by atoms with Gasteiger partial charge in [-0.25, -0.2) is 0 Å². The molecule has 0 saturated heterocycles. The Morgan fingerprint density at radius 3 is 2.61 bits per heavy atom. The van der Waals surface area contributed by atoms with Crippen molar-refractivity contribution >= 4 is 17.3 Å². The van der Waals surface area contributed by atoms with Gasteiger partial charge in [0.2, 0.25) is 5.91 Å². The maximum Gasteiger partial charge on any atom is 0.221 e. The Kier molecular flexibility index (Phi) is 3.96. The molecule has 1 heterocycles. The predicted octanol–water partition coefficient (Wildman–Crippen LogP) is 1.95. The lowest BCUT2D eigenvalue weighted by Gasteiger charge is -2.08. The van der Waals surface area contributed by atoms with Gasteiger partial charge in [0.15, 0.2) is 0 Å². The molecule has 0 fully saturated rings. The molecule has 0 spiro atoms. The van der Waals surface area contributed by atoms with E-state index in [2.05, 4.69) is 15.7 Å². The zero-order chi connectivity index (χ0) is 12.8. The topological polar surface area (TPSA) is 59.0 Å². The van der Waals surface area contributed by atoms with Crippen LogP contribution >= 0.6 is 0 Å². The molecule has 0 unspecified atom stereocenters. The van der Waals surface area contributed by atoms with Gasteiger partial charge >= 0.3 is 0 Å². The molecule has 1 aromatic carbocycles. The summed E-state index contributed by atoms with van der Waals surface area (Å²) in [6, 6.07) is 9.53. The monoisotopic (exact) mass is 244 g/mol. The molecule has 2 rings (SSSR count). The molecule has 0 bridgehead atoms. The molecule has 0 aliphatic carbocycles. The average molecular weight is 244 g/mol. The summed E-state index contributed by atoms with van der Waals surface area (Å²) in [5, 5.41) is 10.1. The summed E-state index contributed by atoms with van der Waals surface area (Å²) < 4.78 is 1.87. The summed E-state index contributed by atoms with van der Waals surface area (Å²) in [4.78, 5) is 10.9. The Labute approximate surface area is 106 Å². The Bertz CT molecular complexity index is 490. The Hall–Kier alpha value is -2.30. The summed E-state index contributed by atoms with van der Waals surface area (Å²) in [6.07, 6.45) is 3.70. The zero-order valence-corrected chi connectivity index (χ0v) is 10.3. The fourth-order valence-electron chi connectivity index (χ4n) is 1.62. The quantitative estimate of drug-likeness (QED) is 0.845. The molecule has 0 atom stereocenters. The van der Waals surface area contributed by atoms with Crippen molar-refractivity contribution in [1.29, 1.82) is 0 Å². The lowest BCUT2D eigenvalue weighted by atomic mass is 10.2. The van der Waals surface area contributed by atoms with Gasteiger partial charge in [0, 0.05) is 37.2 Å². The molecule has 2 N–H and O–H groups in total. The van der Waals surface area contributed by atoms with E-state index in [0.717, 1.165) is 24.5 Å². The third-order valence-electron chi connectivity index (χ3n) is 2.43. The number of amides is 1. The van der Waals surface area contributed by atoms with Crippen LogP contribution in [0.3, 0.4) is 0 Å². The minimum atomic E-state index is -0.0607. The molecule has 5 nitrogen and oxygen atoms in total. The maximum absolute atomic E-state index is 10.9. The maximum atomic E-state index is 10.9. The largest absolute Gasteiger partial charge is 0.383 e. The molecule has 5 heteroatoms. The Morgan fingerprint density at radius 2 is 2.00 bits per heavy atom. The van der Waals surface area contributed by atoms with Crippen molar-refractivity contribution in [3.63, 3.8) is 0 Å². The van der Waals surface area contributed by atoms with E-state index in [4.69, 9.17) is 0 Å². The molecular formula is C13H16N4O. The molecule has 94 valence electrons. The number of hydrogen-bond acceptors (Lipinski definition) is 3. The summed E-state index contributed by atoms with van der Waals surface area (Å²) >= 11 is 0. The standard InChI is InChI=1S/C13H16N4O/c1-11(18)16-13-5-3-12(4-6-13)14-8-10-17-9-2-7-15-17/h2-7,9,14H,8,10H2,1H3,(H,16,18). The average Bonchev–Trinajstić information content (AvgIpc) is 2.84. The van der Waals surface area contributed by atoms with E-state index in [0.29, 0.717) is 0 Å². The summed E-state index contributed by atoms with van der Waals surface area (Å²) in [6.45, 7) is 3.12. The van der Waals surface area contributed by atoms with Crippen molar-refractivity contribution in [2.24, 2.45) is 0 Å². The number of nitrogens with zero attached hydrogens (tertiary/aromatic N) is 2. The Balaban J connectivity index is 1.81. The number of aromatic nitrogens is 2. The highest BCUT2D eigenvalue weighted by molar-refractivity contribution is 5.88. The van der Waals surface area contributed by atoms with Gasteiger partial charge in [-0.05, 0) is 30.3 Å². The molecule has 0 saturated carbocycles. The van der Waals surface area contributed by atoms with Crippen molar-refractivity contribution in [2.75, 3.05) is 17.2 Å². The normalized spacial score (nSPS) is 10.1. The first-order chi connectivity index (χ1) is 8.74. The molecular weight excluding hydrogens is 228 g/mol. The van der Waals surface area contributed by atoms with Gasteiger partial charge in [-0.15, -0.1) is 0 Å². The third-order valence-corrected chi connectivity index (χ3v) is 2.43. The number of rotatable bonds is 5. The predicted molar refractivity (Wildman–Crippen MR) is 71.5 cm³/mol. The van der Waals surface area contributed by atoms with Crippen LogP contribution in [-0.2, 0) is 11.3 Å². The highest BCUT2D eigenvalue weighted by atomic mass is 16.1. The van der Waals surface area contributed by atoms with Gasteiger partial charge in [0.25, 0.3) is 0 Å². The molecule has 1 amide bonds. The first-order valence-electron chi connectivity index (χ1n) is 5.83. The summed E-state index contributed by atoms with van der Waals surface area (Å²) in [5.41, 5.74) is 1.83. The van der Waals surface area contributed by atoms with Gasteiger partial charge in [-0.3, -0.25) is 9.48 Å². The van der Waals surface area contributed by atoms with Gasteiger partial charge < -0.3 is 10.6 Å². The van der Waals surface area contributed by atoms with Crippen LogP contribution in [0.2, 0.25) is 0 Å². The van der Waals surface area contributed by atoms with E-state index in [1.54, 1.807) is 6.20 Å². The van der Waals surface area contributed by atoms with E-state index in [1.807, 2.05) is 41.2 Å². The molecule has 1 aromatic heterocycles. The zero-order valence-electron chi connectivity index (χ0n) is 10.3. The first-order valence-corrected chi connectivity index (χ1v) is 5.83. The van der Waals surface area contributed by atoms with Crippen LogP contribution in [0.25, 0.3) is 0 Å². The molecule has 0 aliphatic heterocycles. The lowest BCUT2D eigenvalue weighted by molar-refractivity contribution is -0.114. The summed E-state index contributed by atoms with van der Waals surface area (Å²) in [5.74, 6) is -0.0607. The highest BCUT2D eigenvalue weighted by Crippen LogP contribution is 2.13. The minimum absolute atomic E-state index is 0.0607. The second-order valence-corrected chi connectivity index (χ2v) is 3.95. The fourth-order valence-corrected chi connectivity index (χ4v) is 1.62. The van der Waals surface area contributed by atoms with Gasteiger partial charge in [0.1, 0.15) is 0 Å². The van der Waals surface area contributed by atoms with Crippen LogP contribution in [0.4, 0.5) is 11.4 Å². The smallest absolute Gasteiger partial charge is 0.221 e. The SMILES string of the molecule is CC(=O)Nc1ccc(NCCn2cccn2)cc1. The third kappa shape index (κ3) is 3.62. The van der Waals surface area contributed by atoms with E-state index in [-0.39, 0.29) is 5.91 Å². The second kappa shape index (κ2) is 5.86. The van der Waals surface area contributed by atoms with Crippen molar-refractivity contribution in [3.05, 3.63) is 42.7 Å². The van der Waals surface area contributed by atoms with Gasteiger partial charge in [0.05, 0.1) is 6.54 Å². The van der Waals surface area contributed by atoms with E-state index >= 15 is 0 Å². The summed E-state index contributed by atoms with van der Waals surface area (Å²) in [7, 11) is 0. The van der Waals surface area contributed by atoms with E-state index < -0.39 is 0 Å². The Morgan fingerprint density at radius 1 is 1.28 bits per heavy atom. The number of carbonyl (C=O) groups excluding carboxylic acids is 1. The van der Waals surface area contributed by atoms with Crippen molar-refractivity contribution in [1.82, 2.24) is 9.78 Å². The molecule has 0 radical (unpaired) electrons. The lowest BCUT2D eigenvalue weighted by Crippen LogP contribution is -2.11. The van der Waals surface area contributed by atoms with Crippen LogP contribution in [0.5, 0.6) is 0 Å². The van der Waals surface area contributed by atoms with Crippen molar-refractivity contribution in [3.8, 4) is 0 Å². The second-order valence-electron chi connectivity index (χ2n) is 3.95. The van der Waals surface area contributed by atoms with E-state index in [1.165, 1.54) is 6.92 Å². The first kappa shape index (κ1) is 12.2. The molecule has 2 aromatic rings. The number of nitrogens with one attached hydrogen (secondary N) is 2. The van der Waals surface area contributed by atoms with Crippen LogP contribution in [0.1, 0.15) is 6.92 Å². The van der Waals surface area contributed by atoms with Crippen LogP contribution in [0, 0.1) is 0 Å². The highest BCUT2D eigenvalue weighted by Gasteiger charge is 1.96. The fraction of sp³-hybridized carbons (Fsp3) is 0.231. The van der Waals surface area contributed by atoms with Crippen LogP contribution < -0.4 is 10.6 Å². The molecule has 0 aliphatic rings. The number of benzene rings is 1.